The molecule has 2 aromatic carbocycles. The number of carbonyl (C=O) groups is 1. The molecule has 4 heterocycles. The van der Waals surface area contributed by atoms with Crippen LogP contribution in [0.5, 0.6) is 0 Å². The van der Waals surface area contributed by atoms with Crippen LogP contribution in [0.3, 0.4) is 0 Å². The third kappa shape index (κ3) is 7.23. The molecular weight excluding hydrogens is 544 g/mol. The fourth-order valence-electron chi connectivity index (χ4n) is 6.09. The molecule has 3 aliphatic rings. The van der Waals surface area contributed by atoms with E-state index in [1.165, 1.54) is 0 Å². The molecule has 2 amide bonds. The number of amides is 2. The maximum atomic E-state index is 12.8. The van der Waals surface area contributed by atoms with E-state index >= 15 is 0 Å². The number of nitrogens with one attached hydrogen (secondary N) is 3. The van der Waals surface area contributed by atoms with E-state index in [1.807, 2.05) is 36.4 Å². The Hall–Kier alpha value is -3.80. The zero-order valence-corrected chi connectivity index (χ0v) is 25.3. The summed E-state index contributed by atoms with van der Waals surface area (Å²) in [6.45, 7) is 11.9. The van der Waals surface area contributed by atoms with Crippen molar-refractivity contribution in [2.45, 2.75) is 57.7 Å². The number of nitrogens with zero attached hydrogens (tertiary/aromatic N) is 5. The van der Waals surface area contributed by atoms with Gasteiger partial charge in [0.1, 0.15) is 5.82 Å². The summed E-state index contributed by atoms with van der Waals surface area (Å²) in [5, 5.41) is 9.43. The molecule has 0 radical (unpaired) electrons. The molecule has 0 bridgehead atoms. The highest BCUT2D eigenvalue weighted by Crippen LogP contribution is 2.29. The number of ether oxygens (including phenoxy) is 2. The number of urea groups is 1. The second-order valence-corrected chi connectivity index (χ2v) is 11.9. The van der Waals surface area contributed by atoms with Gasteiger partial charge in [0.25, 0.3) is 0 Å². The van der Waals surface area contributed by atoms with Crippen molar-refractivity contribution in [2.24, 2.45) is 0 Å². The third-order valence-electron chi connectivity index (χ3n) is 8.30. The van der Waals surface area contributed by atoms with E-state index in [-0.39, 0.29) is 18.0 Å². The largest absolute Gasteiger partial charge is 0.381 e. The first-order valence-electron chi connectivity index (χ1n) is 15.4. The Morgan fingerprint density at radius 3 is 2.14 bits per heavy atom. The van der Waals surface area contributed by atoms with Crippen LogP contribution >= 0.6 is 0 Å². The number of rotatable bonds is 6. The average molecular weight is 587 g/mol. The van der Waals surface area contributed by atoms with Crippen molar-refractivity contribution in [2.75, 3.05) is 66.5 Å². The molecule has 0 aliphatic carbocycles. The van der Waals surface area contributed by atoms with Gasteiger partial charge in [-0.25, -0.2) is 9.78 Å². The minimum absolute atomic E-state index is 0.183. The standard InChI is InChI=1S/C32H42N8O3/c1-21-18-39(19-22(2)33-21)28-10-8-27(9-11-28)35-32(41)34-26-6-4-24(5-7-26)29-36-30(25-12-15-42-16-13-25)38-31(37-29)40-14-17-43-20-23(40)3/h4-11,21-23,25,33H,12-20H2,1-3H3,(H2,34,35,41)/t21-,22+,23-/m1/s1. The minimum atomic E-state index is -0.296. The summed E-state index contributed by atoms with van der Waals surface area (Å²) < 4.78 is 11.2. The van der Waals surface area contributed by atoms with E-state index in [0.717, 1.165) is 68.5 Å². The Kier molecular flexibility index (Phi) is 9.01. The number of morpholine rings is 1. The molecule has 0 spiro atoms. The van der Waals surface area contributed by atoms with Crippen molar-refractivity contribution >= 4 is 29.0 Å². The van der Waals surface area contributed by atoms with Crippen molar-refractivity contribution in [1.29, 1.82) is 0 Å². The summed E-state index contributed by atoms with van der Waals surface area (Å²) in [6, 6.07) is 16.4. The van der Waals surface area contributed by atoms with Crippen LogP contribution in [0.25, 0.3) is 11.4 Å². The van der Waals surface area contributed by atoms with Crippen molar-refractivity contribution in [3.8, 4) is 11.4 Å². The number of benzene rings is 2. The van der Waals surface area contributed by atoms with Gasteiger partial charge in [0, 0.05) is 73.5 Å². The van der Waals surface area contributed by atoms with Gasteiger partial charge >= 0.3 is 6.03 Å². The van der Waals surface area contributed by atoms with Crippen LogP contribution in [0.4, 0.5) is 27.8 Å². The minimum Gasteiger partial charge on any atom is -0.381 e. The maximum absolute atomic E-state index is 12.8. The highest BCUT2D eigenvalue weighted by Gasteiger charge is 2.26. The lowest BCUT2D eigenvalue weighted by atomic mass is 9.99. The predicted octanol–water partition coefficient (Wildman–Crippen LogP) is 4.49. The number of hydrogen-bond donors (Lipinski definition) is 3. The normalized spacial score (nSPS) is 23.2. The first-order valence-corrected chi connectivity index (χ1v) is 15.4. The quantitative estimate of drug-likeness (QED) is 0.384. The average Bonchev–Trinajstić information content (AvgIpc) is 3.02. The second kappa shape index (κ2) is 13.2. The molecule has 11 heteroatoms. The zero-order valence-electron chi connectivity index (χ0n) is 25.3. The van der Waals surface area contributed by atoms with Gasteiger partial charge in [0.15, 0.2) is 5.82 Å². The van der Waals surface area contributed by atoms with E-state index in [1.54, 1.807) is 0 Å². The van der Waals surface area contributed by atoms with E-state index in [9.17, 15) is 4.79 Å². The van der Waals surface area contributed by atoms with E-state index < -0.39 is 0 Å². The maximum Gasteiger partial charge on any atom is 0.323 e. The van der Waals surface area contributed by atoms with Crippen LogP contribution in [0.1, 0.15) is 45.4 Å². The highest BCUT2D eigenvalue weighted by molar-refractivity contribution is 5.99. The van der Waals surface area contributed by atoms with E-state index in [2.05, 4.69) is 58.7 Å². The molecule has 3 fully saturated rings. The highest BCUT2D eigenvalue weighted by atomic mass is 16.5. The molecule has 1 aromatic heterocycles. The Balaban J connectivity index is 1.13. The van der Waals surface area contributed by atoms with Crippen LogP contribution in [-0.4, -0.2) is 85.2 Å². The van der Waals surface area contributed by atoms with Gasteiger partial charge in [-0.05, 0) is 82.1 Å². The van der Waals surface area contributed by atoms with Crippen LogP contribution in [0.15, 0.2) is 48.5 Å². The van der Waals surface area contributed by atoms with Crippen LogP contribution in [0.2, 0.25) is 0 Å². The molecule has 6 rings (SSSR count). The number of carbonyl (C=O) groups excluding carboxylic acids is 1. The fourth-order valence-corrected chi connectivity index (χ4v) is 6.09. The zero-order chi connectivity index (χ0) is 29.8. The summed E-state index contributed by atoms with van der Waals surface area (Å²) in [6.07, 6.45) is 1.80. The first-order chi connectivity index (χ1) is 20.9. The van der Waals surface area contributed by atoms with Crippen LogP contribution < -0.4 is 25.8 Å². The smallest absolute Gasteiger partial charge is 0.323 e. The van der Waals surface area contributed by atoms with Gasteiger partial charge < -0.3 is 35.2 Å². The van der Waals surface area contributed by atoms with Crippen molar-refractivity contribution in [1.82, 2.24) is 20.3 Å². The lowest BCUT2D eigenvalue weighted by Crippen LogP contribution is -2.54. The molecule has 0 saturated carbocycles. The Morgan fingerprint density at radius 1 is 0.837 bits per heavy atom. The number of hydrogen-bond acceptors (Lipinski definition) is 9. The molecule has 11 nitrogen and oxygen atoms in total. The molecule has 3 atom stereocenters. The first kappa shape index (κ1) is 29.3. The van der Waals surface area contributed by atoms with Gasteiger partial charge in [-0.1, -0.05) is 0 Å². The fraction of sp³-hybridized carbons (Fsp3) is 0.500. The molecular formula is C32H42N8O3. The predicted molar refractivity (Wildman–Crippen MR) is 169 cm³/mol. The van der Waals surface area contributed by atoms with Crippen LogP contribution in [-0.2, 0) is 9.47 Å². The Morgan fingerprint density at radius 2 is 1.49 bits per heavy atom. The number of anilines is 4. The molecule has 3 saturated heterocycles. The molecule has 0 unspecified atom stereocenters. The SMILES string of the molecule is C[C@@H]1CN(c2ccc(NC(=O)Nc3ccc(-c4nc(C5CCOCC5)nc(N5CCOC[C@H]5C)n4)cc3)cc2)C[C@H](C)N1. The van der Waals surface area contributed by atoms with Gasteiger partial charge in [-0.3, -0.25) is 0 Å². The molecule has 3 aromatic rings. The lowest BCUT2D eigenvalue weighted by molar-refractivity contribution is 0.0834. The van der Waals surface area contributed by atoms with Crippen LogP contribution in [0, 0.1) is 0 Å². The second-order valence-electron chi connectivity index (χ2n) is 11.9. The van der Waals surface area contributed by atoms with Crippen molar-refractivity contribution < 1.29 is 14.3 Å². The van der Waals surface area contributed by atoms with Gasteiger partial charge in [-0.15, -0.1) is 0 Å². The van der Waals surface area contributed by atoms with E-state index in [4.69, 9.17) is 24.4 Å². The third-order valence-corrected chi connectivity index (χ3v) is 8.30. The number of aromatic nitrogens is 3. The number of piperazine rings is 1. The molecule has 228 valence electrons. The van der Waals surface area contributed by atoms with E-state index in [0.29, 0.717) is 42.8 Å². The Labute approximate surface area is 253 Å². The molecule has 43 heavy (non-hydrogen) atoms. The van der Waals surface area contributed by atoms with Gasteiger partial charge in [0.2, 0.25) is 5.95 Å². The lowest BCUT2D eigenvalue weighted by Gasteiger charge is -2.37. The summed E-state index contributed by atoms with van der Waals surface area (Å²) in [5.41, 5.74) is 3.45. The van der Waals surface area contributed by atoms with Crippen molar-refractivity contribution in [3.63, 3.8) is 0 Å². The van der Waals surface area contributed by atoms with Crippen molar-refractivity contribution in [3.05, 3.63) is 54.4 Å². The summed E-state index contributed by atoms with van der Waals surface area (Å²) in [4.78, 5) is 32.1. The summed E-state index contributed by atoms with van der Waals surface area (Å²) in [5.74, 6) is 2.38. The molecule has 3 N–H and O–H groups in total. The summed E-state index contributed by atoms with van der Waals surface area (Å²) in [7, 11) is 0. The topological polar surface area (TPSA) is 117 Å². The van der Waals surface area contributed by atoms with Gasteiger partial charge in [0.05, 0.1) is 19.3 Å². The summed E-state index contributed by atoms with van der Waals surface area (Å²) >= 11 is 0. The molecule has 3 aliphatic heterocycles. The monoisotopic (exact) mass is 586 g/mol. The Bertz CT molecular complexity index is 1370. The van der Waals surface area contributed by atoms with Gasteiger partial charge in [-0.2, -0.15) is 9.97 Å².